The van der Waals surface area contributed by atoms with Crippen molar-refractivity contribution in [3.8, 4) is 11.6 Å². The second kappa shape index (κ2) is 6.75. The number of ether oxygens (including phenoxy) is 2. The smallest absolute Gasteiger partial charge is 0.232 e. The molecule has 0 saturated carbocycles. The van der Waals surface area contributed by atoms with Crippen molar-refractivity contribution in [1.82, 2.24) is 14.9 Å². The predicted octanol–water partition coefficient (Wildman–Crippen LogP) is 2.40. The second-order valence-electron chi connectivity index (χ2n) is 5.78. The minimum Gasteiger partial charge on any atom is -0.492 e. The van der Waals surface area contributed by atoms with Gasteiger partial charge in [-0.3, -0.25) is 9.88 Å². The van der Waals surface area contributed by atoms with Gasteiger partial charge in [-0.2, -0.15) is 0 Å². The Kier molecular flexibility index (Phi) is 4.53. The number of nitrogens with zero attached hydrogens (tertiary/aromatic N) is 3. The SMILES string of the molecule is CC1(Oc2cnccn2)CCN(CCOc2ccccc2)C1. The van der Waals surface area contributed by atoms with Crippen LogP contribution in [0.3, 0.4) is 0 Å². The first-order chi connectivity index (χ1) is 10.7. The van der Waals surface area contributed by atoms with E-state index in [9.17, 15) is 0 Å². The lowest BCUT2D eigenvalue weighted by Gasteiger charge is -2.25. The summed E-state index contributed by atoms with van der Waals surface area (Å²) in [6, 6.07) is 9.91. The number of rotatable bonds is 6. The number of likely N-dealkylation sites (tertiary alicyclic amines) is 1. The fraction of sp³-hybridized carbons (Fsp3) is 0.412. The summed E-state index contributed by atoms with van der Waals surface area (Å²) in [7, 11) is 0. The van der Waals surface area contributed by atoms with Gasteiger partial charge in [-0.25, -0.2) is 4.98 Å². The highest BCUT2D eigenvalue weighted by Gasteiger charge is 2.36. The van der Waals surface area contributed by atoms with Crippen molar-refractivity contribution in [2.45, 2.75) is 18.9 Å². The first kappa shape index (κ1) is 14.8. The Hall–Kier alpha value is -2.14. The topological polar surface area (TPSA) is 47.5 Å². The lowest BCUT2D eigenvalue weighted by Crippen LogP contribution is -2.37. The van der Waals surface area contributed by atoms with Gasteiger partial charge in [0.15, 0.2) is 0 Å². The number of para-hydroxylation sites is 1. The van der Waals surface area contributed by atoms with Crippen LogP contribution in [0.15, 0.2) is 48.9 Å². The summed E-state index contributed by atoms with van der Waals surface area (Å²) >= 11 is 0. The van der Waals surface area contributed by atoms with Gasteiger partial charge in [0, 0.05) is 38.4 Å². The minimum absolute atomic E-state index is 0.206. The molecular formula is C17H21N3O2. The van der Waals surface area contributed by atoms with Crippen LogP contribution in [0, 0.1) is 0 Å². The van der Waals surface area contributed by atoms with Crippen LogP contribution in [0.25, 0.3) is 0 Å². The van der Waals surface area contributed by atoms with E-state index in [4.69, 9.17) is 9.47 Å². The highest BCUT2D eigenvalue weighted by Crippen LogP contribution is 2.26. The zero-order valence-corrected chi connectivity index (χ0v) is 12.8. The van der Waals surface area contributed by atoms with Crippen LogP contribution in [0.2, 0.25) is 0 Å². The average Bonchev–Trinajstić information content (AvgIpc) is 2.90. The van der Waals surface area contributed by atoms with Crippen molar-refractivity contribution < 1.29 is 9.47 Å². The molecule has 0 amide bonds. The third-order valence-electron chi connectivity index (χ3n) is 3.82. The van der Waals surface area contributed by atoms with Gasteiger partial charge in [-0.15, -0.1) is 0 Å². The van der Waals surface area contributed by atoms with E-state index in [0.29, 0.717) is 12.5 Å². The van der Waals surface area contributed by atoms with E-state index in [1.54, 1.807) is 18.6 Å². The standard InChI is InChI=1S/C17H21N3O2/c1-17(22-16-13-18-8-9-19-16)7-10-20(14-17)11-12-21-15-5-3-2-4-6-15/h2-6,8-9,13H,7,10-12,14H2,1H3. The maximum Gasteiger partial charge on any atom is 0.232 e. The second-order valence-corrected chi connectivity index (χ2v) is 5.78. The monoisotopic (exact) mass is 299 g/mol. The summed E-state index contributed by atoms with van der Waals surface area (Å²) in [5.74, 6) is 1.51. The number of hydrogen-bond acceptors (Lipinski definition) is 5. The first-order valence-electron chi connectivity index (χ1n) is 7.59. The average molecular weight is 299 g/mol. The van der Waals surface area contributed by atoms with Gasteiger partial charge >= 0.3 is 0 Å². The van der Waals surface area contributed by atoms with Gasteiger partial charge in [0.25, 0.3) is 0 Å². The van der Waals surface area contributed by atoms with Gasteiger partial charge in [-0.1, -0.05) is 18.2 Å². The molecule has 2 heterocycles. The summed E-state index contributed by atoms with van der Waals surface area (Å²) in [6.07, 6.45) is 5.94. The Balaban J connectivity index is 1.45. The Morgan fingerprint density at radius 3 is 2.86 bits per heavy atom. The van der Waals surface area contributed by atoms with Crippen molar-refractivity contribution >= 4 is 0 Å². The van der Waals surface area contributed by atoms with Crippen molar-refractivity contribution in [1.29, 1.82) is 0 Å². The summed E-state index contributed by atoms with van der Waals surface area (Å²) in [5, 5.41) is 0. The molecule has 2 aromatic rings. The van der Waals surface area contributed by atoms with E-state index in [1.807, 2.05) is 30.3 Å². The third-order valence-corrected chi connectivity index (χ3v) is 3.82. The highest BCUT2D eigenvalue weighted by molar-refractivity contribution is 5.20. The number of benzene rings is 1. The van der Waals surface area contributed by atoms with Crippen LogP contribution in [-0.4, -0.2) is 46.7 Å². The molecule has 1 aliphatic rings. The van der Waals surface area contributed by atoms with Crippen LogP contribution >= 0.6 is 0 Å². The zero-order valence-electron chi connectivity index (χ0n) is 12.8. The van der Waals surface area contributed by atoms with Crippen molar-refractivity contribution in [2.24, 2.45) is 0 Å². The molecule has 0 N–H and O–H groups in total. The molecule has 1 unspecified atom stereocenters. The van der Waals surface area contributed by atoms with Crippen molar-refractivity contribution in [2.75, 3.05) is 26.2 Å². The lowest BCUT2D eigenvalue weighted by atomic mass is 10.1. The van der Waals surface area contributed by atoms with Crippen LogP contribution in [0.5, 0.6) is 11.6 Å². The summed E-state index contributed by atoms with van der Waals surface area (Å²) in [5.41, 5.74) is -0.206. The van der Waals surface area contributed by atoms with Crippen LogP contribution in [0.4, 0.5) is 0 Å². The molecule has 22 heavy (non-hydrogen) atoms. The lowest BCUT2D eigenvalue weighted by molar-refractivity contribution is 0.0876. The fourth-order valence-electron chi connectivity index (χ4n) is 2.70. The molecular weight excluding hydrogens is 278 g/mol. The van der Waals surface area contributed by atoms with Gasteiger partial charge in [0.1, 0.15) is 18.0 Å². The maximum atomic E-state index is 6.00. The molecule has 0 aliphatic carbocycles. The molecule has 0 bridgehead atoms. The maximum absolute atomic E-state index is 6.00. The molecule has 5 nitrogen and oxygen atoms in total. The van der Waals surface area contributed by atoms with E-state index in [2.05, 4.69) is 21.8 Å². The molecule has 3 rings (SSSR count). The normalized spacial score (nSPS) is 21.7. The largest absolute Gasteiger partial charge is 0.492 e. The van der Waals surface area contributed by atoms with Crippen LogP contribution < -0.4 is 9.47 Å². The quantitative estimate of drug-likeness (QED) is 0.819. The predicted molar refractivity (Wildman–Crippen MR) is 84.1 cm³/mol. The molecule has 0 radical (unpaired) electrons. The first-order valence-corrected chi connectivity index (χ1v) is 7.59. The summed E-state index contributed by atoms with van der Waals surface area (Å²) in [4.78, 5) is 10.6. The summed E-state index contributed by atoms with van der Waals surface area (Å²) in [6.45, 7) is 5.59. The minimum atomic E-state index is -0.206. The molecule has 1 aromatic heterocycles. The Labute approximate surface area is 130 Å². The van der Waals surface area contributed by atoms with E-state index in [0.717, 1.165) is 31.8 Å². The van der Waals surface area contributed by atoms with E-state index < -0.39 is 0 Å². The van der Waals surface area contributed by atoms with Gasteiger partial charge in [-0.05, 0) is 19.1 Å². The molecule has 1 fully saturated rings. The highest BCUT2D eigenvalue weighted by atomic mass is 16.5. The van der Waals surface area contributed by atoms with Gasteiger partial charge < -0.3 is 9.47 Å². The third kappa shape index (κ3) is 3.95. The van der Waals surface area contributed by atoms with Gasteiger partial charge in [0.2, 0.25) is 5.88 Å². The van der Waals surface area contributed by atoms with E-state index in [1.165, 1.54) is 0 Å². The van der Waals surface area contributed by atoms with E-state index in [-0.39, 0.29) is 5.60 Å². The van der Waals surface area contributed by atoms with Gasteiger partial charge in [0.05, 0.1) is 6.20 Å². The van der Waals surface area contributed by atoms with Crippen LogP contribution in [-0.2, 0) is 0 Å². The summed E-state index contributed by atoms with van der Waals surface area (Å²) < 4.78 is 11.8. The fourth-order valence-corrected chi connectivity index (χ4v) is 2.70. The number of aromatic nitrogens is 2. The number of hydrogen-bond donors (Lipinski definition) is 0. The van der Waals surface area contributed by atoms with E-state index >= 15 is 0 Å². The molecule has 0 spiro atoms. The van der Waals surface area contributed by atoms with Crippen molar-refractivity contribution in [3.05, 3.63) is 48.9 Å². The molecule has 1 saturated heterocycles. The Bertz CT molecular complexity index is 579. The molecule has 5 heteroatoms. The Morgan fingerprint density at radius 1 is 1.23 bits per heavy atom. The van der Waals surface area contributed by atoms with Crippen molar-refractivity contribution in [3.63, 3.8) is 0 Å². The molecule has 1 atom stereocenters. The van der Waals surface area contributed by atoms with Crippen LogP contribution in [0.1, 0.15) is 13.3 Å². The molecule has 1 aliphatic heterocycles. The Morgan fingerprint density at radius 2 is 2.09 bits per heavy atom. The zero-order chi connectivity index (χ0) is 15.3. The molecule has 1 aromatic carbocycles. The molecule has 116 valence electrons.